The number of ether oxygens (including phenoxy) is 1. The maximum Gasteiger partial charge on any atom is 0.338 e. The number of nitrogens with zero attached hydrogens (tertiary/aromatic N) is 1. The molecule has 1 unspecified atom stereocenters. The van der Waals surface area contributed by atoms with Crippen LogP contribution in [0.25, 0.3) is 0 Å². The molecule has 0 spiro atoms. The fourth-order valence-electron chi connectivity index (χ4n) is 3.21. The molecule has 2 aromatic carbocycles. The minimum atomic E-state index is -0.533. The van der Waals surface area contributed by atoms with Gasteiger partial charge in [0, 0.05) is 12.5 Å². The van der Waals surface area contributed by atoms with E-state index in [0.717, 1.165) is 11.1 Å². The highest BCUT2D eigenvalue weighted by atomic mass is 16.5. The highest BCUT2D eigenvalue weighted by molar-refractivity contribution is 6.05. The molecular formula is C21H22N2O4. The minimum Gasteiger partial charge on any atom is -0.452 e. The topological polar surface area (TPSA) is 75.7 Å². The van der Waals surface area contributed by atoms with Crippen molar-refractivity contribution >= 4 is 29.2 Å². The van der Waals surface area contributed by atoms with E-state index in [9.17, 15) is 14.4 Å². The number of para-hydroxylation sites is 2. The SMILES string of the molecule is Cc1cccc(C(=O)OCC(=O)N2c3ccccc3NC(=O)CC2C)c1C. The van der Waals surface area contributed by atoms with Gasteiger partial charge in [-0.05, 0) is 50.1 Å². The molecule has 140 valence electrons. The third-order valence-corrected chi connectivity index (χ3v) is 4.78. The van der Waals surface area contributed by atoms with Crippen LogP contribution in [0.4, 0.5) is 11.4 Å². The van der Waals surface area contributed by atoms with E-state index in [1.54, 1.807) is 43.3 Å². The Kier molecular flexibility index (Phi) is 5.26. The molecule has 1 aliphatic rings. The van der Waals surface area contributed by atoms with Crippen molar-refractivity contribution in [1.29, 1.82) is 0 Å². The van der Waals surface area contributed by atoms with Crippen molar-refractivity contribution in [2.75, 3.05) is 16.8 Å². The highest BCUT2D eigenvalue weighted by Crippen LogP contribution is 2.31. The quantitative estimate of drug-likeness (QED) is 0.847. The lowest BCUT2D eigenvalue weighted by Gasteiger charge is -2.27. The first-order valence-electron chi connectivity index (χ1n) is 8.82. The maximum absolute atomic E-state index is 12.8. The lowest BCUT2D eigenvalue weighted by molar-refractivity contribution is -0.122. The average molecular weight is 366 g/mol. The fraction of sp³-hybridized carbons (Fsp3) is 0.286. The first-order chi connectivity index (χ1) is 12.9. The molecule has 2 amide bonds. The van der Waals surface area contributed by atoms with E-state index in [-0.39, 0.29) is 30.9 Å². The number of fused-ring (bicyclic) bond motifs is 1. The number of carbonyl (C=O) groups is 3. The van der Waals surface area contributed by atoms with Gasteiger partial charge in [0.2, 0.25) is 5.91 Å². The van der Waals surface area contributed by atoms with Crippen molar-refractivity contribution in [3.05, 3.63) is 59.2 Å². The molecule has 0 saturated carbocycles. The molecule has 0 aromatic heterocycles. The monoisotopic (exact) mass is 366 g/mol. The molecule has 3 rings (SSSR count). The number of rotatable bonds is 3. The van der Waals surface area contributed by atoms with Crippen molar-refractivity contribution in [3.8, 4) is 0 Å². The minimum absolute atomic E-state index is 0.155. The summed E-state index contributed by atoms with van der Waals surface area (Å²) in [7, 11) is 0. The Morgan fingerprint density at radius 2 is 1.89 bits per heavy atom. The average Bonchev–Trinajstić information content (AvgIpc) is 2.76. The van der Waals surface area contributed by atoms with Gasteiger partial charge in [0.15, 0.2) is 6.61 Å². The van der Waals surface area contributed by atoms with E-state index < -0.39 is 5.97 Å². The van der Waals surface area contributed by atoms with Gasteiger partial charge >= 0.3 is 5.97 Å². The normalized spacial score (nSPS) is 16.2. The van der Waals surface area contributed by atoms with Crippen LogP contribution in [-0.2, 0) is 14.3 Å². The first kappa shape index (κ1) is 18.6. The Hall–Kier alpha value is -3.15. The third kappa shape index (κ3) is 3.84. The largest absolute Gasteiger partial charge is 0.452 e. The Labute approximate surface area is 158 Å². The molecule has 27 heavy (non-hydrogen) atoms. The van der Waals surface area contributed by atoms with Crippen molar-refractivity contribution < 1.29 is 19.1 Å². The predicted octanol–water partition coefficient (Wildman–Crippen LogP) is 3.22. The van der Waals surface area contributed by atoms with Gasteiger partial charge in [-0.15, -0.1) is 0 Å². The molecule has 0 aliphatic carbocycles. The van der Waals surface area contributed by atoms with E-state index in [4.69, 9.17) is 4.74 Å². The van der Waals surface area contributed by atoms with Gasteiger partial charge in [-0.2, -0.15) is 0 Å². The van der Waals surface area contributed by atoms with Crippen LogP contribution < -0.4 is 10.2 Å². The number of aryl methyl sites for hydroxylation is 1. The Morgan fingerprint density at radius 3 is 2.67 bits per heavy atom. The standard InChI is InChI=1S/C21H22N2O4/c1-13-7-6-8-16(15(13)3)21(26)27-12-20(25)23-14(2)11-19(24)22-17-9-4-5-10-18(17)23/h4-10,14H,11-12H2,1-3H3,(H,22,24). The number of carbonyl (C=O) groups excluding carboxylic acids is 3. The van der Waals surface area contributed by atoms with Gasteiger partial charge in [0.05, 0.1) is 16.9 Å². The molecule has 6 heteroatoms. The molecule has 2 aromatic rings. The molecule has 0 fully saturated rings. The molecule has 1 aliphatic heterocycles. The molecule has 1 heterocycles. The first-order valence-corrected chi connectivity index (χ1v) is 8.82. The fourth-order valence-corrected chi connectivity index (χ4v) is 3.21. The number of esters is 1. The molecule has 6 nitrogen and oxygen atoms in total. The summed E-state index contributed by atoms with van der Waals surface area (Å²) < 4.78 is 5.27. The van der Waals surface area contributed by atoms with Crippen molar-refractivity contribution in [1.82, 2.24) is 0 Å². The zero-order valence-electron chi connectivity index (χ0n) is 15.6. The van der Waals surface area contributed by atoms with Crippen LogP contribution in [0.1, 0.15) is 34.8 Å². The second-order valence-electron chi connectivity index (χ2n) is 6.71. The van der Waals surface area contributed by atoms with Crippen LogP contribution in [0, 0.1) is 13.8 Å². The van der Waals surface area contributed by atoms with Crippen LogP contribution >= 0.6 is 0 Å². The lowest BCUT2D eigenvalue weighted by atomic mass is 10.0. The van der Waals surface area contributed by atoms with E-state index in [1.165, 1.54) is 4.90 Å². The van der Waals surface area contributed by atoms with E-state index >= 15 is 0 Å². The summed E-state index contributed by atoms with van der Waals surface area (Å²) in [6, 6.07) is 12.1. The second-order valence-corrected chi connectivity index (χ2v) is 6.71. The number of benzene rings is 2. The predicted molar refractivity (Wildman–Crippen MR) is 103 cm³/mol. The molecular weight excluding hydrogens is 344 g/mol. The van der Waals surface area contributed by atoms with Gasteiger partial charge in [-0.25, -0.2) is 4.79 Å². The van der Waals surface area contributed by atoms with Crippen LogP contribution in [0.3, 0.4) is 0 Å². The summed E-state index contributed by atoms with van der Waals surface area (Å²) >= 11 is 0. The van der Waals surface area contributed by atoms with Gasteiger partial charge < -0.3 is 15.0 Å². The summed E-state index contributed by atoms with van der Waals surface area (Å²) in [4.78, 5) is 38.7. The molecule has 0 bridgehead atoms. The summed E-state index contributed by atoms with van der Waals surface area (Å²) in [5.41, 5.74) is 3.43. The van der Waals surface area contributed by atoms with Crippen LogP contribution in [0.2, 0.25) is 0 Å². The van der Waals surface area contributed by atoms with Crippen LogP contribution in [-0.4, -0.2) is 30.4 Å². The molecule has 1 N–H and O–H groups in total. The lowest BCUT2D eigenvalue weighted by Crippen LogP contribution is -2.41. The molecule has 1 atom stereocenters. The maximum atomic E-state index is 12.8. The number of hydrogen-bond donors (Lipinski definition) is 1. The Balaban J connectivity index is 1.78. The summed E-state index contributed by atoms with van der Waals surface area (Å²) in [6.45, 7) is 5.17. The van der Waals surface area contributed by atoms with Crippen molar-refractivity contribution in [3.63, 3.8) is 0 Å². The third-order valence-electron chi connectivity index (χ3n) is 4.78. The van der Waals surface area contributed by atoms with E-state index in [0.29, 0.717) is 16.9 Å². The number of hydrogen-bond acceptors (Lipinski definition) is 4. The van der Waals surface area contributed by atoms with Gasteiger partial charge in [-0.1, -0.05) is 24.3 Å². The highest BCUT2D eigenvalue weighted by Gasteiger charge is 2.30. The van der Waals surface area contributed by atoms with Crippen molar-refractivity contribution in [2.24, 2.45) is 0 Å². The summed E-state index contributed by atoms with van der Waals surface area (Å²) in [6.07, 6.45) is 0.172. The van der Waals surface area contributed by atoms with E-state index in [1.807, 2.05) is 19.9 Å². The second kappa shape index (κ2) is 7.61. The molecule has 0 radical (unpaired) electrons. The zero-order chi connectivity index (χ0) is 19.6. The molecule has 0 saturated heterocycles. The number of amides is 2. The zero-order valence-corrected chi connectivity index (χ0v) is 15.6. The Bertz CT molecular complexity index is 907. The number of nitrogens with one attached hydrogen (secondary N) is 1. The smallest absolute Gasteiger partial charge is 0.338 e. The van der Waals surface area contributed by atoms with Gasteiger partial charge in [0.25, 0.3) is 5.91 Å². The van der Waals surface area contributed by atoms with Gasteiger partial charge in [0.1, 0.15) is 0 Å². The summed E-state index contributed by atoms with van der Waals surface area (Å²) in [5, 5.41) is 2.80. The van der Waals surface area contributed by atoms with E-state index in [2.05, 4.69) is 5.32 Å². The van der Waals surface area contributed by atoms with Gasteiger partial charge in [-0.3, -0.25) is 9.59 Å². The van der Waals surface area contributed by atoms with Crippen LogP contribution in [0.5, 0.6) is 0 Å². The Morgan fingerprint density at radius 1 is 1.15 bits per heavy atom. The summed E-state index contributed by atoms with van der Waals surface area (Å²) in [5.74, 6) is -1.06. The van der Waals surface area contributed by atoms with Crippen LogP contribution in [0.15, 0.2) is 42.5 Å². The number of anilines is 2. The van der Waals surface area contributed by atoms with Crippen molar-refractivity contribution in [2.45, 2.75) is 33.2 Å².